The van der Waals surface area contributed by atoms with Crippen molar-refractivity contribution in [1.82, 2.24) is 30.3 Å². The molecule has 1 amide bonds. The number of aryl methyl sites for hydroxylation is 1. The Morgan fingerprint density at radius 1 is 1.28 bits per heavy atom. The van der Waals surface area contributed by atoms with Crippen LogP contribution in [0.1, 0.15) is 35.1 Å². The van der Waals surface area contributed by atoms with E-state index in [1.165, 1.54) is 0 Å². The molecule has 0 unspecified atom stereocenters. The maximum Gasteiger partial charge on any atom is 0.279 e. The van der Waals surface area contributed by atoms with Crippen molar-refractivity contribution in [1.29, 1.82) is 0 Å². The predicted octanol–water partition coefficient (Wildman–Crippen LogP) is 1.83. The van der Waals surface area contributed by atoms with E-state index in [0.29, 0.717) is 17.6 Å². The van der Waals surface area contributed by atoms with Crippen molar-refractivity contribution in [3.05, 3.63) is 35.8 Å². The quantitative estimate of drug-likeness (QED) is 0.660. The summed E-state index contributed by atoms with van der Waals surface area (Å²) in [5, 5.41) is 18.4. The number of aromatic nitrogens is 5. The Balaban J connectivity index is 0.00000182. The zero-order chi connectivity index (χ0) is 16.5. The molecule has 1 fully saturated rings. The molecular weight excluding hydrogens is 342 g/mol. The van der Waals surface area contributed by atoms with Crippen molar-refractivity contribution >= 4 is 35.2 Å². The largest absolute Gasteiger partial charge is 0.317 e. The van der Waals surface area contributed by atoms with Crippen LogP contribution in [-0.2, 0) is 7.05 Å². The molecule has 25 heavy (non-hydrogen) atoms. The molecule has 3 N–H and O–H groups in total. The molecule has 1 aliphatic heterocycles. The van der Waals surface area contributed by atoms with Gasteiger partial charge in [0, 0.05) is 18.4 Å². The van der Waals surface area contributed by atoms with Crippen LogP contribution < -0.4 is 10.6 Å². The number of aromatic amines is 1. The van der Waals surface area contributed by atoms with Crippen LogP contribution in [0.2, 0.25) is 0 Å². The number of carbonyl (C=O) groups is 1. The van der Waals surface area contributed by atoms with Gasteiger partial charge in [0.1, 0.15) is 0 Å². The molecule has 3 aromatic rings. The first kappa shape index (κ1) is 17.4. The lowest BCUT2D eigenvalue weighted by Crippen LogP contribution is -2.27. The van der Waals surface area contributed by atoms with Crippen LogP contribution in [0, 0.1) is 0 Å². The molecule has 8 nitrogen and oxygen atoms in total. The van der Waals surface area contributed by atoms with Gasteiger partial charge in [0.25, 0.3) is 5.91 Å². The van der Waals surface area contributed by atoms with Crippen LogP contribution in [0.25, 0.3) is 10.9 Å². The fraction of sp³-hybridized carbons (Fsp3) is 0.375. The maximum absolute atomic E-state index is 12.5. The van der Waals surface area contributed by atoms with Gasteiger partial charge in [-0.15, -0.1) is 12.4 Å². The van der Waals surface area contributed by atoms with Gasteiger partial charge in [0.2, 0.25) is 5.95 Å². The Morgan fingerprint density at radius 2 is 2.04 bits per heavy atom. The number of rotatable bonds is 3. The fourth-order valence-corrected chi connectivity index (χ4v) is 3.06. The lowest BCUT2D eigenvalue weighted by atomic mass is 9.98. The van der Waals surface area contributed by atoms with Crippen molar-refractivity contribution in [2.24, 2.45) is 7.05 Å². The van der Waals surface area contributed by atoms with Crippen molar-refractivity contribution < 1.29 is 4.79 Å². The summed E-state index contributed by atoms with van der Waals surface area (Å²) in [5.74, 6) is 1.29. The topological polar surface area (TPSA) is 101 Å². The minimum absolute atomic E-state index is 0. The summed E-state index contributed by atoms with van der Waals surface area (Å²) in [4.78, 5) is 17.1. The Morgan fingerprint density at radius 3 is 2.84 bits per heavy atom. The maximum atomic E-state index is 12.5. The molecule has 0 radical (unpaired) electrons. The van der Waals surface area contributed by atoms with E-state index in [0.717, 1.165) is 42.7 Å². The molecule has 0 aliphatic carbocycles. The number of benzene rings is 1. The molecule has 2 aromatic heterocycles. The number of nitrogens with zero attached hydrogens (tertiary/aromatic N) is 4. The van der Waals surface area contributed by atoms with Crippen molar-refractivity contribution in [3.8, 4) is 0 Å². The van der Waals surface area contributed by atoms with Crippen LogP contribution in [0.15, 0.2) is 24.3 Å². The molecule has 4 rings (SSSR count). The average molecular weight is 362 g/mol. The molecule has 1 aromatic carbocycles. The number of anilines is 1. The van der Waals surface area contributed by atoms with Gasteiger partial charge in [-0.1, -0.05) is 18.2 Å². The van der Waals surface area contributed by atoms with Crippen LogP contribution in [0.4, 0.5) is 5.95 Å². The molecule has 0 spiro atoms. The molecule has 0 saturated carbocycles. The van der Waals surface area contributed by atoms with Crippen molar-refractivity contribution in [3.63, 3.8) is 0 Å². The van der Waals surface area contributed by atoms with Crippen LogP contribution in [0.3, 0.4) is 0 Å². The molecule has 0 bridgehead atoms. The number of hydrogen-bond donors (Lipinski definition) is 3. The number of hydrogen-bond acceptors (Lipinski definition) is 5. The van der Waals surface area contributed by atoms with E-state index in [1.54, 1.807) is 11.7 Å². The van der Waals surface area contributed by atoms with E-state index in [1.807, 2.05) is 24.3 Å². The number of carbonyl (C=O) groups excluding carboxylic acids is 1. The third kappa shape index (κ3) is 3.35. The second-order valence-electron chi connectivity index (χ2n) is 6.01. The lowest BCUT2D eigenvalue weighted by Gasteiger charge is -2.19. The first-order chi connectivity index (χ1) is 11.7. The van der Waals surface area contributed by atoms with E-state index < -0.39 is 0 Å². The van der Waals surface area contributed by atoms with Gasteiger partial charge >= 0.3 is 0 Å². The number of piperidine rings is 1. The number of H-pyrrole nitrogens is 1. The second-order valence-corrected chi connectivity index (χ2v) is 6.01. The summed E-state index contributed by atoms with van der Waals surface area (Å²) in [7, 11) is 1.79. The van der Waals surface area contributed by atoms with Crippen LogP contribution in [0.5, 0.6) is 0 Å². The van der Waals surface area contributed by atoms with Gasteiger partial charge in [-0.2, -0.15) is 15.2 Å². The highest BCUT2D eigenvalue weighted by Crippen LogP contribution is 2.23. The molecule has 1 saturated heterocycles. The predicted molar refractivity (Wildman–Crippen MR) is 97.1 cm³/mol. The summed E-state index contributed by atoms with van der Waals surface area (Å²) < 4.78 is 1.62. The fourth-order valence-electron chi connectivity index (χ4n) is 3.06. The van der Waals surface area contributed by atoms with Crippen molar-refractivity contribution in [2.45, 2.75) is 18.8 Å². The monoisotopic (exact) mass is 361 g/mol. The number of fused-ring (bicyclic) bond motifs is 1. The molecule has 1 aliphatic rings. The second kappa shape index (κ2) is 7.20. The van der Waals surface area contributed by atoms with E-state index >= 15 is 0 Å². The zero-order valence-corrected chi connectivity index (χ0v) is 14.6. The van der Waals surface area contributed by atoms with Gasteiger partial charge < -0.3 is 5.32 Å². The number of nitrogens with one attached hydrogen (secondary N) is 3. The van der Waals surface area contributed by atoms with Crippen molar-refractivity contribution in [2.75, 3.05) is 18.4 Å². The van der Waals surface area contributed by atoms with E-state index in [2.05, 4.69) is 30.9 Å². The van der Waals surface area contributed by atoms with Gasteiger partial charge in [-0.25, -0.2) is 4.68 Å². The SMILES string of the molecule is Cl.Cn1nc(C2CCNCC2)nc1NC(=O)c1n[nH]c2ccccc12. The minimum Gasteiger partial charge on any atom is -0.317 e. The molecule has 9 heteroatoms. The Hall–Kier alpha value is -2.45. The van der Waals surface area contributed by atoms with Crippen LogP contribution in [-0.4, -0.2) is 44.0 Å². The number of amides is 1. The minimum atomic E-state index is -0.292. The molecule has 132 valence electrons. The Labute approximate surface area is 150 Å². The van der Waals surface area contributed by atoms with Gasteiger partial charge in [0.05, 0.1) is 5.52 Å². The summed E-state index contributed by atoms with van der Waals surface area (Å²) in [6.07, 6.45) is 2.03. The highest BCUT2D eigenvalue weighted by Gasteiger charge is 2.22. The third-order valence-electron chi connectivity index (χ3n) is 4.39. The molecule has 0 atom stereocenters. The van der Waals surface area contributed by atoms with Gasteiger partial charge in [-0.05, 0) is 32.0 Å². The lowest BCUT2D eigenvalue weighted by molar-refractivity contribution is 0.102. The highest BCUT2D eigenvalue weighted by atomic mass is 35.5. The van der Waals surface area contributed by atoms with E-state index in [9.17, 15) is 4.79 Å². The van der Waals surface area contributed by atoms with Crippen LogP contribution >= 0.6 is 12.4 Å². The zero-order valence-electron chi connectivity index (χ0n) is 13.8. The third-order valence-corrected chi connectivity index (χ3v) is 4.39. The first-order valence-electron chi connectivity index (χ1n) is 8.08. The Bertz CT molecular complexity index is 882. The smallest absolute Gasteiger partial charge is 0.279 e. The Kier molecular flexibility index (Phi) is 5.00. The molecule has 3 heterocycles. The normalized spacial score (nSPS) is 15.1. The summed E-state index contributed by atoms with van der Waals surface area (Å²) in [5.41, 5.74) is 1.19. The number of para-hydroxylation sites is 1. The van der Waals surface area contributed by atoms with Gasteiger partial charge in [-0.3, -0.25) is 15.2 Å². The molecular formula is C16H20ClN7O. The summed E-state index contributed by atoms with van der Waals surface area (Å²) >= 11 is 0. The van der Waals surface area contributed by atoms with E-state index in [4.69, 9.17) is 0 Å². The number of halogens is 1. The highest BCUT2D eigenvalue weighted by molar-refractivity contribution is 6.10. The average Bonchev–Trinajstić information content (AvgIpc) is 3.20. The van der Waals surface area contributed by atoms with Gasteiger partial charge in [0.15, 0.2) is 11.5 Å². The standard InChI is InChI=1S/C16H19N7O.ClH/c1-23-16(18-14(22-23)10-6-8-17-9-7-10)19-15(24)13-11-4-2-3-5-12(11)20-21-13;/h2-5,10,17H,6-9H2,1H3,(H,20,21)(H,18,19,22,24);1H. The first-order valence-corrected chi connectivity index (χ1v) is 8.08. The summed E-state index contributed by atoms with van der Waals surface area (Å²) in [6.45, 7) is 1.95. The van der Waals surface area contributed by atoms with E-state index in [-0.39, 0.29) is 18.3 Å². The summed E-state index contributed by atoms with van der Waals surface area (Å²) in [6, 6.07) is 7.53.